The van der Waals surface area contributed by atoms with E-state index in [0.717, 1.165) is 26.2 Å². The number of ether oxygens (including phenoxy) is 2. The molecule has 0 amide bonds. The van der Waals surface area contributed by atoms with Gasteiger partial charge in [0, 0.05) is 18.6 Å². The first-order valence-corrected chi connectivity index (χ1v) is 5.97. The maximum atomic E-state index is 5.55. The number of hydrogen-bond donors (Lipinski definition) is 1. The second-order valence-corrected chi connectivity index (χ2v) is 4.41. The summed E-state index contributed by atoms with van der Waals surface area (Å²) < 4.78 is 11.0. The highest BCUT2D eigenvalue weighted by atomic mass is 16.5. The molecule has 0 saturated carbocycles. The van der Waals surface area contributed by atoms with Crippen LogP contribution in [0.3, 0.4) is 0 Å². The quantitative estimate of drug-likeness (QED) is 0.770. The first-order chi connectivity index (χ1) is 7.42. The molecule has 0 bridgehead atoms. The molecule has 2 unspecified atom stereocenters. The smallest absolute Gasteiger partial charge is 0.0876 e. The van der Waals surface area contributed by atoms with Crippen molar-refractivity contribution in [3.8, 4) is 0 Å². The van der Waals surface area contributed by atoms with E-state index in [9.17, 15) is 0 Å². The molecule has 0 aromatic heterocycles. The minimum absolute atomic E-state index is 0.450. The molecule has 1 N–H and O–H groups in total. The largest absolute Gasteiger partial charge is 0.501 e. The zero-order valence-corrected chi connectivity index (χ0v) is 9.50. The lowest BCUT2D eigenvalue weighted by molar-refractivity contribution is 0.0436. The summed E-state index contributed by atoms with van der Waals surface area (Å²) in [5, 5.41) is 3.41. The van der Waals surface area contributed by atoms with Crippen molar-refractivity contribution in [3.05, 3.63) is 11.8 Å². The lowest BCUT2D eigenvalue weighted by Crippen LogP contribution is -2.40. The Morgan fingerprint density at radius 3 is 2.93 bits per heavy atom. The van der Waals surface area contributed by atoms with Crippen molar-refractivity contribution in [2.24, 2.45) is 5.92 Å². The van der Waals surface area contributed by atoms with Gasteiger partial charge in [-0.15, -0.1) is 0 Å². The van der Waals surface area contributed by atoms with E-state index >= 15 is 0 Å². The summed E-state index contributed by atoms with van der Waals surface area (Å²) in [4.78, 5) is 0. The van der Waals surface area contributed by atoms with Crippen molar-refractivity contribution in [3.63, 3.8) is 0 Å². The molecule has 15 heavy (non-hydrogen) atoms. The summed E-state index contributed by atoms with van der Waals surface area (Å²) in [5.74, 6) is 0.622. The Bertz CT molecular complexity index is 222. The summed E-state index contributed by atoms with van der Waals surface area (Å²) in [6.07, 6.45) is 6.73. The van der Waals surface area contributed by atoms with Crippen LogP contribution in [0.4, 0.5) is 0 Å². The highest BCUT2D eigenvalue weighted by Crippen LogP contribution is 2.26. The molecule has 2 aliphatic heterocycles. The SMILES string of the molecule is CNC(C1=COCCC1)C1CCCOC1. The van der Waals surface area contributed by atoms with Gasteiger partial charge in [0.1, 0.15) is 0 Å². The van der Waals surface area contributed by atoms with Crippen LogP contribution in [0.2, 0.25) is 0 Å². The zero-order chi connectivity index (χ0) is 10.5. The molecular weight excluding hydrogens is 190 g/mol. The van der Waals surface area contributed by atoms with Crippen LogP contribution in [-0.2, 0) is 9.47 Å². The maximum Gasteiger partial charge on any atom is 0.0876 e. The fraction of sp³-hybridized carbons (Fsp3) is 0.833. The highest BCUT2D eigenvalue weighted by molar-refractivity contribution is 5.12. The molecule has 2 rings (SSSR count). The van der Waals surface area contributed by atoms with Crippen LogP contribution in [0.25, 0.3) is 0 Å². The maximum absolute atomic E-state index is 5.55. The summed E-state index contributed by atoms with van der Waals surface area (Å²) >= 11 is 0. The van der Waals surface area contributed by atoms with Crippen molar-refractivity contribution >= 4 is 0 Å². The average molecular weight is 211 g/mol. The first kappa shape index (κ1) is 11.0. The Morgan fingerprint density at radius 2 is 2.33 bits per heavy atom. The molecule has 2 atom stereocenters. The predicted molar refractivity (Wildman–Crippen MR) is 59.7 cm³/mol. The molecule has 0 aliphatic carbocycles. The van der Waals surface area contributed by atoms with Crippen LogP contribution in [-0.4, -0.2) is 32.9 Å². The van der Waals surface area contributed by atoms with Crippen LogP contribution in [0.1, 0.15) is 25.7 Å². The molecule has 3 heteroatoms. The zero-order valence-electron chi connectivity index (χ0n) is 9.50. The molecule has 2 heterocycles. The summed E-state index contributed by atoms with van der Waals surface area (Å²) in [6.45, 7) is 2.70. The van der Waals surface area contributed by atoms with Gasteiger partial charge in [-0.3, -0.25) is 0 Å². The Kier molecular flexibility index (Phi) is 4.03. The summed E-state index contributed by atoms with van der Waals surface area (Å²) in [6, 6.07) is 0.450. The van der Waals surface area contributed by atoms with Crippen molar-refractivity contribution in [2.75, 3.05) is 26.9 Å². The monoisotopic (exact) mass is 211 g/mol. The number of likely N-dealkylation sites (N-methyl/N-ethyl adjacent to an activating group) is 1. The molecule has 0 aromatic rings. The van der Waals surface area contributed by atoms with E-state index in [-0.39, 0.29) is 0 Å². The molecule has 2 aliphatic rings. The van der Waals surface area contributed by atoms with Gasteiger partial charge in [0.05, 0.1) is 19.5 Å². The van der Waals surface area contributed by atoms with Crippen LogP contribution >= 0.6 is 0 Å². The van der Waals surface area contributed by atoms with Gasteiger partial charge in [-0.05, 0) is 38.3 Å². The van der Waals surface area contributed by atoms with Crippen LogP contribution in [0, 0.1) is 5.92 Å². The lowest BCUT2D eigenvalue weighted by atomic mass is 9.87. The third-order valence-electron chi connectivity index (χ3n) is 3.34. The van der Waals surface area contributed by atoms with Gasteiger partial charge in [-0.25, -0.2) is 0 Å². The molecular formula is C12H21NO2. The average Bonchev–Trinajstić information content (AvgIpc) is 2.33. The third kappa shape index (κ3) is 2.73. The Balaban J connectivity index is 1.98. The van der Waals surface area contributed by atoms with E-state index in [1.54, 1.807) is 0 Å². The van der Waals surface area contributed by atoms with Crippen LogP contribution in [0.15, 0.2) is 11.8 Å². The van der Waals surface area contributed by atoms with Gasteiger partial charge in [-0.1, -0.05) is 0 Å². The summed E-state index contributed by atoms with van der Waals surface area (Å²) in [7, 11) is 2.04. The van der Waals surface area contributed by atoms with Gasteiger partial charge in [0.25, 0.3) is 0 Å². The second-order valence-electron chi connectivity index (χ2n) is 4.41. The van der Waals surface area contributed by atoms with Crippen LogP contribution in [0.5, 0.6) is 0 Å². The first-order valence-electron chi connectivity index (χ1n) is 5.97. The van der Waals surface area contributed by atoms with E-state index in [1.165, 1.54) is 24.8 Å². The fourth-order valence-corrected chi connectivity index (χ4v) is 2.57. The highest BCUT2D eigenvalue weighted by Gasteiger charge is 2.26. The van der Waals surface area contributed by atoms with Gasteiger partial charge in [0.2, 0.25) is 0 Å². The van der Waals surface area contributed by atoms with Gasteiger partial charge < -0.3 is 14.8 Å². The predicted octanol–water partition coefficient (Wildman–Crippen LogP) is 1.70. The number of nitrogens with one attached hydrogen (secondary N) is 1. The van der Waals surface area contributed by atoms with Crippen molar-refractivity contribution in [2.45, 2.75) is 31.7 Å². The van der Waals surface area contributed by atoms with Crippen LogP contribution < -0.4 is 5.32 Å². The van der Waals surface area contributed by atoms with Crippen molar-refractivity contribution in [1.82, 2.24) is 5.32 Å². The number of hydrogen-bond acceptors (Lipinski definition) is 3. The normalized spacial score (nSPS) is 29.1. The molecule has 0 radical (unpaired) electrons. The van der Waals surface area contributed by atoms with E-state index in [2.05, 4.69) is 5.32 Å². The van der Waals surface area contributed by atoms with Gasteiger partial charge in [0.15, 0.2) is 0 Å². The minimum atomic E-state index is 0.450. The third-order valence-corrected chi connectivity index (χ3v) is 3.34. The fourth-order valence-electron chi connectivity index (χ4n) is 2.57. The molecule has 86 valence electrons. The Morgan fingerprint density at radius 1 is 1.40 bits per heavy atom. The van der Waals surface area contributed by atoms with Gasteiger partial charge in [-0.2, -0.15) is 0 Å². The minimum Gasteiger partial charge on any atom is -0.501 e. The standard InChI is InChI=1S/C12H21NO2/c1-13-12(10-4-2-6-14-8-10)11-5-3-7-15-9-11/h8,11-13H,2-7,9H2,1H3. The molecule has 0 aromatic carbocycles. The van der Waals surface area contributed by atoms with Crippen molar-refractivity contribution < 1.29 is 9.47 Å². The van der Waals surface area contributed by atoms with E-state index in [4.69, 9.17) is 9.47 Å². The Hall–Kier alpha value is -0.540. The van der Waals surface area contributed by atoms with Gasteiger partial charge >= 0.3 is 0 Å². The second kappa shape index (κ2) is 5.52. The van der Waals surface area contributed by atoms with E-state index in [0.29, 0.717) is 12.0 Å². The number of rotatable bonds is 3. The lowest BCUT2D eigenvalue weighted by Gasteiger charge is -2.32. The topological polar surface area (TPSA) is 30.5 Å². The van der Waals surface area contributed by atoms with E-state index in [1.807, 2.05) is 13.3 Å². The molecule has 3 nitrogen and oxygen atoms in total. The molecule has 1 saturated heterocycles. The van der Waals surface area contributed by atoms with Crippen molar-refractivity contribution in [1.29, 1.82) is 0 Å². The summed E-state index contributed by atoms with van der Waals surface area (Å²) in [5.41, 5.74) is 1.42. The molecule has 0 spiro atoms. The Labute approximate surface area is 91.8 Å². The molecule has 1 fully saturated rings. The van der Waals surface area contributed by atoms with E-state index < -0.39 is 0 Å².